The van der Waals surface area contributed by atoms with Crippen LogP contribution in [0.1, 0.15) is 34.5 Å². The minimum absolute atomic E-state index is 0.243. The lowest BCUT2D eigenvalue weighted by molar-refractivity contribution is 0.102. The first-order valence-corrected chi connectivity index (χ1v) is 10.7. The largest absolute Gasteiger partial charge is 0.322 e. The van der Waals surface area contributed by atoms with Crippen molar-refractivity contribution in [3.8, 4) is 0 Å². The van der Waals surface area contributed by atoms with Crippen LogP contribution in [0.3, 0.4) is 0 Å². The number of amides is 1. The van der Waals surface area contributed by atoms with Crippen LogP contribution in [-0.4, -0.2) is 14.3 Å². The van der Waals surface area contributed by atoms with Gasteiger partial charge in [0.15, 0.2) is 0 Å². The van der Waals surface area contributed by atoms with E-state index in [-0.39, 0.29) is 11.7 Å². The fraction of sp³-hybridized carbons (Fsp3) is 0.136. The third kappa shape index (κ3) is 5.97. The van der Waals surface area contributed by atoms with Crippen LogP contribution in [0.5, 0.6) is 0 Å². The highest BCUT2D eigenvalue weighted by Gasteiger charge is 2.17. The average molecular weight is 412 g/mol. The Morgan fingerprint density at radius 1 is 0.966 bits per heavy atom. The maximum atomic E-state index is 13.0. The van der Waals surface area contributed by atoms with Gasteiger partial charge in [-0.25, -0.2) is 17.5 Å². The maximum Gasteiger partial charge on any atom is 0.255 e. The summed E-state index contributed by atoms with van der Waals surface area (Å²) in [5.41, 5.74) is 2.31. The summed E-state index contributed by atoms with van der Waals surface area (Å²) in [5.74, 6) is -0.906. The van der Waals surface area contributed by atoms with Crippen molar-refractivity contribution in [3.05, 3.63) is 101 Å². The Kier molecular flexibility index (Phi) is 6.41. The van der Waals surface area contributed by atoms with Gasteiger partial charge in [-0.2, -0.15) is 0 Å². The lowest BCUT2D eigenvalue weighted by atomic mass is 10.1. The minimum Gasteiger partial charge on any atom is -0.322 e. The van der Waals surface area contributed by atoms with Gasteiger partial charge in [-0.15, -0.1) is 0 Å². The molecule has 0 radical (unpaired) electrons. The Balaban J connectivity index is 1.67. The fourth-order valence-electron chi connectivity index (χ4n) is 2.86. The molecule has 3 rings (SSSR count). The highest BCUT2D eigenvalue weighted by Crippen LogP contribution is 2.20. The van der Waals surface area contributed by atoms with Gasteiger partial charge in [0.2, 0.25) is 10.0 Å². The summed E-state index contributed by atoms with van der Waals surface area (Å²) in [7, 11) is -3.63. The monoisotopic (exact) mass is 412 g/mol. The molecule has 150 valence electrons. The minimum atomic E-state index is -3.63. The number of hydrogen-bond donors (Lipinski definition) is 2. The summed E-state index contributed by atoms with van der Waals surface area (Å²) in [4.78, 5) is 12.3. The Morgan fingerprint density at radius 2 is 1.66 bits per heavy atom. The number of sulfonamides is 1. The molecule has 0 aromatic heterocycles. The molecule has 2 N–H and O–H groups in total. The number of carbonyl (C=O) groups is 1. The first-order valence-electron chi connectivity index (χ1n) is 9.03. The molecule has 0 saturated heterocycles. The van der Waals surface area contributed by atoms with Crippen LogP contribution in [0.15, 0.2) is 78.9 Å². The third-order valence-electron chi connectivity index (χ3n) is 4.31. The molecular formula is C22H21FN2O3S. The van der Waals surface area contributed by atoms with Crippen LogP contribution < -0.4 is 10.0 Å². The summed E-state index contributed by atoms with van der Waals surface area (Å²) >= 11 is 0. The smallest absolute Gasteiger partial charge is 0.255 e. The molecule has 3 aromatic rings. The molecule has 1 atom stereocenters. The molecule has 1 amide bonds. The second-order valence-corrected chi connectivity index (χ2v) is 8.42. The molecule has 7 heteroatoms. The van der Waals surface area contributed by atoms with Crippen molar-refractivity contribution < 1.29 is 17.6 Å². The molecule has 0 aliphatic heterocycles. The van der Waals surface area contributed by atoms with Gasteiger partial charge in [-0.05, 0) is 54.4 Å². The second-order valence-electron chi connectivity index (χ2n) is 6.67. The van der Waals surface area contributed by atoms with E-state index in [4.69, 9.17) is 0 Å². The number of hydrogen-bond acceptors (Lipinski definition) is 3. The van der Waals surface area contributed by atoms with Crippen molar-refractivity contribution in [1.29, 1.82) is 0 Å². The Morgan fingerprint density at radius 3 is 2.34 bits per heavy atom. The normalized spacial score (nSPS) is 12.3. The quantitative estimate of drug-likeness (QED) is 0.609. The number of anilines is 1. The number of benzene rings is 3. The lowest BCUT2D eigenvalue weighted by Crippen LogP contribution is -2.28. The summed E-state index contributed by atoms with van der Waals surface area (Å²) in [5, 5.41) is 2.81. The molecule has 0 fully saturated rings. The standard InChI is InChI=1S/C22H21FN2O3S/c1-16(25-29(27,28)15-17-10-12-20(23)13-11-17)19-8-5-9-21(14-19)24-22(26)18-6-3-2-4-7-18/h2-14,16,25H,15H2,1H3,(H,24,26). The molecule has 0 bridgehead atoms. The van der Waals surface area contributed by atoms with E-state index in [0.29, 0.717) is 22.4 Å². The zero-order valence-electron chi connectivity index (χ0n) is 15.8. The molecular weight excluding hydrogens is 391 g/mol. The summed E-state index contributed by atoms with van der Waals surface area (Å²) < 4.78 is 40.5. The Labute approximate surface area is 169 Å². The molecule has 5 nitrogen and oxygen atoms in total. The van der Waals surface area contributed by atoms with Gasteiger partial charge >= 0.3 is 0 Å². The van der Waals surface area contributed by atoms with Crippen molar-refractivity contribution in [1.82, 2.24) is 4.72 Å². The predicted octanol–water partition coefficient (Wildman–Crippen LogP) is 4.26. The topological polar surface area (TPSA) is 75.3 Å². The van der Waals surface area contributed by atoms with Crippen LogP contribution in [0, 0.1) is 5.82 Å². The van der Waals surface area contributed by atoms with Gasteiger partial charge in [-0.1, -0.05) is 42.5 Å². The zero-order chi connectivity index (χ0) is 20.9. The van der Waals surface area contributed by atoms with Gasteiger partial charge in [0, 0.05) is 17.3 Å². The van der Waals surface area contributed by atoms with E-state index in [1.54, 1.807) is 55.5 Å². The van der Waals surface area contributed by atoms with E-state index in [1.165, 1.54) is 24.3 Å². The van der Waals surface area contributed by atoms with Gasteiger partial charge in [0.05, 0.1) is 5.75 Å². The molecule has 3 aromatic carbocycles. The van der Waals surface area contributed by atoms with Crippen LogP contribution in [0.4, 0.5) is 10.1 Å². The summed E-state index contributed by atoms with van der Waals surface area (Å²) in [6.07, 6.45) is 0. The van der Waals surface area contributed by atoms with Crippen LogP contribution >= 0.6 is 0 Å². The Hall–Kier alpha value is -3.03. The fourth-order valence-corrected chi connectivity index (χ4v) is 4.25. The van der Waals surface area contributed by atoms with Crippen molar-refractivity contribution in [2.45, 2.75) is 18.7 Å². The third-order valence-corrected chi connectivity index (χ3v) is 5.73. The van der Waals surface area contributed by atoms with Gasteiger partial charge in [0.1, 0.15) is 5.82 Å². The maximum absolute atomic E-state index is 13.0. The lowest BCUT2D eigenvalue weighted by Gasteiger charge is -2.16. The average Bonchev–Trinajstić information content (AvgIpc) is 2.70. The van der Waals surface area contributed by atoms with Crippen molar-refractivity contribution in [3.63, 3.8) is 0 Å². The predicted molar refractivity (Wildman–Crippen MR) is 111 cm³/mol. The van der Waals surface area contributed by atoms with Gasteiger partial charge in [0.25, 0.3) is 5.91 Å². The highest BCUT2D eigenvalue weighted by molar-refractivity contribution is 7.88. The molecule has 0 heterocycles. The van der Waals surface area contributed by atoms with Gasteiger partial charge in [-0.3, -0.25) is 4.79 Å². The van der Waals surface area contributed by atoms with E-state index in [1.807, 2.05) is 6.07 Å². The molecule has 0 aliphatic carbocycles. The highest BCUT2D eigenvalue weighted by atomic mass is 32.2. The SMILES string of the molecule is CC(NS(=O)(=O)Cc1ccc(F)cc1)c1cccc(NC(=O)c2ccccc2)c1. The zero-order valence-corrected chi connectivity index (χ0v) is 16.6. The van der Waals surface area contributed by atoms with Crippen molar-refractivity contribution in [2.75, 3.05) is 5.32 Å². The van der Waals surface area contributed by atoms with E-state index < -0.39 is 21.9 Å². The van der Waals surface area contributed by atoms with Crippen LogP contribution in [-0.2, 0) is 15.8 Å². The summed E-state index contributed by atoms with van der Waals surface area (Å²) in [6, 6.07) is 20.7. The van der Waals surface area contributed by atoms with E-state index in [0.717, 1.165) is 0 Å². The molecule has 0 aliphatic rings. The molecule has 0 spiro atoms. The van der Waals surface area contributed by atoms with Crippen molar-refractivity contribution >= 4 is 21.6 Å². The molecule has 1 unspecified atom stereocenters. The molecule has 29 heavy (non-hydrogen) atoms. The van der Waals surface area contributed by atoms with E-state index >= 15 is 0 Å². The second kappa shape index (κ2) is 8.98. The summed E-state index contributed by atoms with van der Waals surface area (Å²) in [6.45, 7) is 1.72. The van der Waals surface area contributed by atoms with E-state index in [9.17, 15) is 17.6 Å². The first-order chi connectivity index (χ1) is 13.8. The molecule has 0 saturated carbocycles. The van der Waals surface area contributed by atoms with Crippen LogP contribution in [0.25, 0.3) is 0 Å². The number of nitrogens with one attached hydrogen (secondary N) is 2. The number of carbonyl (C=O) groups excluding carboxylic acids is 1. The number of rotatable bonds is 7. The number of halogens is 1. The van der Waals surface area contributed by atoms with Gasteiger partial charge < -0.3 is 5.32 Å². The van der Waals surface area contributed by atoms with Crippen molar-refractivity contribution in [2.24, 2.45) is 0 Å². The van der Waals surface area contributed by atoms with Crippen LogP contribution in [0.2, 0.25) is 0 Å². The first kappa shape index (κ1) is 20.7. The Bertz CT molecular complexity index is 1080. The van der Waals surface area contributed by atoms with E-state index in [2.05, 4.69) is 10.0 Å².